The molecule has 3 aromatic carbocycles. The van der Waals surface area contributed by atoms with Crippen molar-refractivity contribution in [3.63, 3.8) is 0 Å². The molecule has 4 rings (SSSR count). The predicted molar refractivity (Wildman–Crippen MR) is 160 cm³/mol. The molecule has 1 atom stereocenters. The molecule has 0 aliphatic heterocycles. The Bertz CT molecular complexity index is 1430. The van der Waals surface area contributed by atoms with E-state index in [1.807, 2.05) is 13.8 Å². The molecule has 0 bridgehead atoms. The van der Waals surface area contributed by atoms with Gasteiger partial charge in [0.1, 0.15) is 24.2 Å². The van der Waals surface area contributed by atoms with Crippen molar-refractivity contribution in [2.24, 2.45) is 0 Å². The van der Waals surface area contributed by atoms with Crippen LogP contribution >= 0.6 is 0 Å². The number of nitrogens with zero attached hydrogens (tertiary/aromatic N) is 2. The highest BCUT2D eigenvalue weighted by Gasteiger charge is 2.34. The molecule has 42 heavy (non-hydrogen) atoms. The molecular weight excluding hydrogens is 557 g/mol. The summed E-state index contributed by atoms with van der Waals surface area (Å²) in [6.45, 7) is 3.57. The van der Waals surface area contributed by atoms with E-state index in [0.717, 1.165) is 30.0 Å². The summed E-state index contributed by atoms with van der Waals surface area (Å²) >= 11 is 0. The second-order valence-corrected chi connectivity index (χ2v) is 12.2. The smallest absolute Gasteiger partial charge is 0.264 e. The van der Waals surface area contributed by atoms with Gasteiger partial charge in [0, 0.05) is 12.6 Å². The lowest BCUT2D eigenvalue weighted by Gasteiger charge is -2.33. The summed E-state index contributed by atoms with van der Waals surface area (Å²) in [7, 11) is -4.18. The highest BCUT2D eigenvalue weighted by Crippen LogP contribution is 2.26. The van der Waals surface area contributed by atoms with Crippen LogP contribution in [-0.2, 0) is 26.2 Å². The van der Waals surface area contributed by atoms with Crippen LogP contribution in [0.4, 0.5) is 10.1 Å². The van der Waals surface area contributed by atoms with Crippen molar-refractivity contribution in [2.75, 3.05) is 17.5 Å². The van der Waals surface area contributed by atoms with Gasteiger partial charge in [-0.15, -0.1) is 0 Å². The van der Waals surface area contributed by atoms with Crippen LogP contribution in [0.25, 0.3) is 0 Å². The average Bonchev–Trinajstić information content (AvgIpc) is 3.50. The number of sulfonamides is 1. The van der Waals surface area contributed by atoms with Gasteiger partial charge in [-0.25, -0.2) is 12.8 Å². The Morgan fingerprint density at radius 3 is 2.19 bits per heavy atom. The molecular formula is C32H38FN3O5S. The number of anilines is 1. The number of carbonyl (C=O) groups is 2. The summed E-state index contributed by atoms with van der Waals surface area (Å²) in [5, 5.41) is 3.08. The van der Waals surface area contributed by atoms with Crippen molar-refractivity contribution in [1.82, 2.24) is 10.2 Å². The summed E-state index contributed by atoms with van der Waals surface area (Å²) in [6.07, 6.45) is 4.17. The van der Waals surface area contributed by atoms with E-state index in [1.165, 1.54) is 29.2 Å². The van der Waals surface area contributed by atoms with E-state index >= 15 is 0 Å². The Hall–Kier alpha value is -3.92. The molecule has 224 valence electrons. The van der Waals surface area contributed by atoms with Crippen LogP contribution in [0.2, 0.25) is 0 Å². The van der Waals surface area contributed by atoms with E-state index in [4.69, 9.17) is 4.74 Å². The maximum Gasteiger partial charge on any atom is 0.264 e. The molecule has 0 saturated heterocycles. The number of hydrogen-bond acceptors (Lipinski definition) is 5. The summed E-state index contributed by atoms with van der Waals surface area (Å²) in [4.78, 5) is 29.0. The topological polar surface area (TPSA) is 96.0 Å². The van der Waals surface area contributed by atoms with Crippen LogP contribution in [0.3, 0.4) is 0 Å². The number of carbonyl (C=O) groups excluding carboxylic acids is 2. The first-order valence-electron chi connectivity index (χ1n) is 14.4. The zero-order valence-corrected chi connectivity index (χ0v) is 24.9. The second-order valence-electron chi connectivity index (χ2n) is 10.3. The van der Waals surface area contributed by atoms with E-state index in [1.54, 1.807) is 54.6 Å². The number of amides is 2. The summed E-state index contributed by atoms with van der Waals surface area (Å²) < 4.78 is 48.1. The number of nitrogens with one attached hydrogen (secondary N) is 1. The van der Waals surface area contributed by atoms with Gasteiger partial charge in [-0.3, -0.25) is 13.9 Å². The van der Waals surface area contributed by atoms with Crippen molar-refractivity contribution in [3.8, 4) is 5.75 Å². The third kappa shape index (κ3) is 7.67. The second kappa shape index (κ2) is 14.3. The maximum atomic E-state index is 14.1. The lowest BCUT2D eigenvalue weighted by Crippen LogP contribution is -2.53. The Morgan fingerprint density at radius 2 is 1.60 bits per heavy atom. The molecule has 8 nitrogen and oxygen atoms in total. The number of para-hydroxylation sites is 1. The molecule has 1 saturated carbocycles. The molecule has 1 aliphatic carbocycles. The van der Waals surface area contributed by atoms with Gasteiger partial charge in [-0.05, 0) is 80.3 Å². The Kier molecular flexibility index (Phi) is 10.6. The lowest BCUT2D eigenvalue weighted by molar-refractivity contribution is -0.140. The highest BCUT2D eigenvalue weighted by molar-refractivity contribution is 7.92. The highest BCUT2D eigenvalue weighted by atomic mass is 32.2. The molecule has 1 N–H and O–H groups in total. The van der Waals surface area contributed by atoms with Gasteiger partial charge in [0.15, 0.2) is 0 Å². The minimum Gasteiger partial charge on any atom is -0.494 e. The Labute approximate surface area is 247 Å². The first-order valence-corrected chi connectivity index (χ1v) is 15.8. The molecule has 2 amide bonds. The monoisotopic (exact) mass is 595 g/mol. The van der Waals surface area contributed by atoms with Gasteiger partial charge in [0.25, 0.3) is 10.0 Å². The number of halogens is 1. The van der Waals surface area contributed by atoms with Crippen LogP contribution < -0.4 is 14.4 Å². The lowest BCUT2D eigenvalue weighted by atomic mass is 10.1. The summed E-state index contributed by atoms with van der Waals surface area (Å²) in [5.74, 6) is -0.714. The minimum absolute atomic E-state index is 0.00120. The summed E-state index contributed by atoms with van der Waals surface area (Å²) in [6, 6.07) is 19.3. The van der Waals surface area contributed by atoms with Crippen molar-refractivity contribution in [3.05, 3.63) is 90.2 Å². The van der Waals surface area contributed by atoms with Crippen molar-refractivity contribution in [2.45, 2.75) is 69.5 Å². The van der Waals surface area contributed by atoms with Crippen molar-refractivity contribution < 1.29 is 27.1 Å². The van der Waals surface area contributed by atoms with Crippen LogP contribution in [0.5, 0.6) is 5.75 Å². The molecule has 3 aromatic rings. The third-order valence-corrected chi connectivity index (χ3v) is 9.19. The Morgan fingerprint density at radius 1 is 0.952 bits per heavy atom. The number of rotatable bonds is 13. The zero-order valence-electron chi connectivity index (χ0n) is 24.0. The molecule has 0 unspecified atom stereocenters. The van der Waals surface area contributed by atoms with Gasteiger partial charge in [-0.1, -0.05) is 50.1 Å². The molecule has 1 aliphatic rings. The average molecular weight is 596 g/mol. The third-order valence-electron chi connectivity index (χ3n) is 7.40. The van der Waals surface area contributed by atoms with Gasteiger partial charge >= 0.3 is 0 Å². The maximum absolute atomic E-state index is 14.1. The first-order chi connectivity index (χ1) is 20.2. The fourth-order valence-electron chi connectivity index (χ4n) is 5.20. The zero-order chi connectivity index (χ0) is 30.1. The van der Waals surface area contributed by atoms with Crippen LogP contribution in [-0.4, -0.2) is 50.4 Å². The van der Waals surface area contributed by atoms with E-state index in [-0.39, 0.29) is 23.4 Å². The number of hydrogen-bond donors (Lipinski definition) is 1. The number of ether oxygens (including phenoxy) is 1. The fourth-order valence-corrected chi connectivity index (χ4v) is 6.61. The van der Waals surface area contributed by atoms with E-state index in [9.17, 15) is 22.4 Å². The van der Waals surface area contributed by atoms with Gasteiger partial charge in [0.05, 0.1) is 17.2 Å². The molecule has 1 fully saturated rings. The van der Waals surface area contributed by atoms with Crippen LogP contribution in [0, 0.1) is 5.82 Å². The predicted octanol–water partition coefficient (Wildman–Crippen LogP) is 5.29. The largest absolute Gasteiger partial charge is 0.494 e. The molecule has 0 spiro atoms. The van der Waals surface area contributed by atoms with E-state index in [0.29, 0.717) is 30.0 Å². The molecule has 0 heterocycles. The van der Waals surface area contributed by atoms with Crippen molar-refractivity contribution in [1.29, 1.82) is 0 Å². The van der Waals surface area contributed by atoms with Gasteiger partial charge in [-0.2, -0.15) is 0 Å². The van der Waals surface area contributed by atoms with Crippen LogP contribution in [0.15, 0.2) is 83.8 Å². The van der Waals surface area contributed by atoms with Crippen molar-refractivity contribution >= 4 is 27.5 Å². The van der Waals surface area contributed by atoms with E-state index < -0.39 is 34.3 Å². The minimum atomic E-state index is -4.18. The molecule has 0 aromatic heterocycles. The fraction of sp³-hybridized carbons (Fsp3) is 0.375. The molecule has 0 radical (unpaired) electrons. The normalized spacial score (nSPS) is 14.3. The molecule has 10 heteroatoms. The Balaban J connectivity index is 1.68. The first kappa shape index (κ1) is 31.0. The van der Waals surface area contributed by atoms with Crippen LogP contribution in [0.1, 0.15) is 51.5 Å². The summed E-state index contributed by atoms with van der Waals surface area (Å²) in [5.41, 5.74) is 0.933. The van der Waals surface area contributed by atoms with Gasteiger partial charge in [0.2, 0.25) is 11.8 Å². The SMILES string of the molecule is CCOc1ccc(S(=O)(=O)N(CC(=O)N(Cc2ccc(F)cc2)[C@H](CC)C(=O)NC2CCCC2)c2ccccc2)cc1. The standard InChI is InChI=1S/C32H38FN3O5S/c1-3-30(32(38)34-26-10-8-9-11-26)35(22-24-14-16-25(33)17-15-24)31(37)23-36(27-12-6-5-7-13-27)42(39,40)29-20-18-28(19-21-29)41-4-2/h5-7,12-21,26,30H,3-4,8-11,22-23H2,1-2H3,(H,34,38)/t30-/m1/s1. The van der Waals surface area contributed by atoms with Gasteiger partial charge < -0.3 is 15.0 Å². The number of benzene rings is 3. The quantitative estimate of drug-likeness (QED) is 0.290. The van der Waals surface area contributed by atoms with E-state index in [2.05, 4.69) is 5.32 Å².